The summed E-state index contributed by atoms with van der Waals surface area (Å²) in [5.41, 5.74) is 10.3. The molecule has 0 saturated heterocycles. The van der Waals surface area contributed by atoms with Crippen LogP contribution in [0.4, 0.5) is 5.69 Å². The van der Waals surface area contributed by atoms with E-state index in [0.717, 1.165) is 11.3 Å². The highest BCUT2D eigenvalue weighted by molar-refractivity contribution is 5.85. The maximum absolute atomic E-state index is 5.95. The average molecular weight is 220 g/mol. The van der Waals surface area contributed by atoms with E-state index < -0.39 is 0 Å². The maximum Gasteiger partial charge on any atom is 0.0396 e. The molecular formula is C13H14ClN. The lowest BCUT2D eigenvalue weighted by atomic mass is 10.0. The molecule has 0 fully saturated rings. The number of nitrogen functional groups attached to an aromatic ring is 1. The fraction of sp³-hybridized carbons (Fsp3) is 0.0769. The quantitative estimate of drug-likeness (QED) is 0.728. The monoisotopic (exact) mass is 219 g/mol. The van der Waals surface area contributed by atoms with Gasteiger partial charge in [-0.1, -0.05) is 42.5 Å². The van der Waals surface area contributed by atoms with Crippen molar-refractivity contribution in [2.24, 2.45) is 0 Å². The Hall–Kier alpha value is -1.47. The number of halogens is 1. The van der Waals surface area contributed by atoms with Crippen molar-refractivity contribution in [1.82, 2.24) is 0 Å². The van der Waals surface area contributed by atoms with Crippen molar-refractivity contribution in [3.05, 3.63) is 54.1 Å². The van der Waals surface area contributed by atoms with Crippen LogP contribution in [0.1, 0.15) is 5.56 Å². The summed E-state index contributed by atoms with van der Waals surface area (Å²) in [5, 5.41) is 0. The van der Waals surface area contributed by atoms with Gasteiger partial charge in [0.2, 0.25) is 0 Å². The van der Waals surface area contributed by atoms with E-state index in [2.05, 4.69) is 24.3 Å². The Labute approximate surface area is 96.3 Å². The molecule has 1 nitrogen and oxygen atoms in total. The maximum atomic E-state index is 5.95. The summed E-state index contributed by atoms with van der Waals surface area (Å²) < 4.78 is 0. The number of benzene rings is 2. The zero-order valence-corrected chi connectivity index (χ0v) is 9.42. The molecule has 2 aromatic carbocycles. The van der Waals surface area contributed by atoms with Gasteiger partial charge in [0.1, 0.15) is 0 Å². The average Bonchev–Trinajstić information content (AvgIpc) is 2.19. The molecular weight excluding hydrogens is 206 g/mol. The van der Waals surface area contributed by atoms with Crippen LogP contribution in [-0.2, 0) is 0 Å². The van der Waals surface area contributed by atoms with Crippen LogP contribution >= 0.6 is 12.4 Å². The molecule has 0 spiro atoms. The molecule has 0 aromatic heterocycles. The van der Waals surface area contributed by atoms with Gasteiger partial charge in [0, 0.05) is 11.3 Å². The minimum absolute atomic E-state index is 0. The predicted molar refractivity (Wildman–Crippen MR) is 68.3 cm³/mol. The molecule has 2 rings (SSSR count). The Morgan fingerprint density at radius 2 is 1.60 bits per heavy atom. The first-order valence-corrected chi connectivity index (χ1v) is 4.69. The molecule has 0 aliphatic heterocycles. The zero-order valence-electron chi connectivity index (χ0n) is 8.60. The van der Waals surface area contributed by atoms with E-state index in [0.29, 0.717) is 0 Å². The minimum atomic E-state index is 0. The first kappa shape index (κ1) is 11.6. The summed E-state index contributed by atoms with van der Waals surface area (Å²) in [6.45, 7) is 2.05. The second-order valence-electron chi connectivity index (χ2n) is 3.46. The van der Waals surface area contributed by atoms with E-state index in [-0.39, 0.29) is 12.4 Å². The molecule has 0 heterocycles. The van der Waals surface area contributed by atoms with Crippen molar-refractivity contribution in [1.29, 1.82) is 0 Å². The Morgan fingerprint density at radius 1 is 0.933 bits per heavy atom. The summed E-state index contributed by atoms with van der Waals surface area (Å²) in [6.07, 6.45) is 0. The highest BCUT2D eigenvalue weighted by Crippen LogP contribution is 2.25. The van der Waals surface area contributed by atoms with Gasteiger partial charge in [-0.15, -0.1) is 12.4 Å². The van der Waals surface area contributed by atoms with Crippen molar-refractivity contribution in [3.8, 4) is 11.1 Å². The minimum Gasteiger partial charge on any atom is -0.398 e. The molecule has 2 aromatic rings. The van der Waals surface area contributed by atoms with Crippen LogP contribution in [-0.4, -0.2) is 0 Å². The fourth-order valence-electron chi connectivity index (χ4n) is 1.56. The molecule has 0 saturated carbocycles. The normalized spacial score (nSPS) is 9.40. The van der Waals surface area contributed by atoms with Crippen LogP contribution in [0, 0.1) is 6.92 Å². The van der Waals surface area contributed by atoms with Crippen molar-refractivity contribution in [2.45, 2.75) is 6.92 Å². The molecule has 2 N–H and O–H groups in total. The third-order valence-electron chi connectivity index (χ3n) is 2.29. The van der Waals surface area contributed by atoms with Crippen LogP contribution in [0.25, 0.3) is 11.1 Å². The van der Waals surface area contributed by atoms with Gasteiger partial charge in [0.05, 0.1) is 0 Å². The summed E-state index contributed by atoms with van der Waals surface area (Å²) in [4.78, 5) is 0. The van der Waals surface area contributed by atoms with E-state index in [1.54, 1.807) is 0 Å². The van der Waals surface area contributed by atoms with E-state index in [4.69, 9.17) is 5.73 Å². The van der Waals surface area contributed by atoms with Crippen LogP contribution in [0.5, 0.6) is 0 Å². The summed E-state index contributed by atoms with van der Waals surface area (Å²) >= 11 is 0. The Morgan fingerprint density at radius 3 is 2.20 bits per heavy atom. The Balaban J connectivity index is 0.00000112. The van der Waals surface area contributed by atoms with Crippen molar-refractivity contribution in [2.75, 3.05) is 5.73 Å². The highest BCUT2D eigenvalue weighted by Gasteiger charge is 2.00. The number of rotatable bonds is 1. The standard InChI is InChI=1S/C13H13N.ClH/c1-10-7-8-12(13(14)9-10)11-5-3-2-4-6-11;/h2-9H,14H2,1H3;1H. The molecule has 78 valence electrons. The zero-order chi connectivity index (χ0) is 9.97. The molecule has 0 unspecified atom stereocenters. The number of hydrogen-bond donors (Lipinski definition) is 1. The summed E-state index contributed by atoms with van der Waals surface area (Å²) in [6, 6.07) is 16.3. The Bertz CT molecular complexity index is 438. The molecule has 0 radical (unpaired) electrons. The molecule has 0 atom stereocenters. The largest absolute Gasteiger partial charge is 0.398 e. The van der Waals surface area contributed by atoms with Crippen molar-refractivity contribution in [3.63, 3.8) is 0 Å². The highest BCUT2D eigenvalue weighted by atomic mass is 35.5. The molecule has 0 bridgehead atoms. The van der Waals surface area contributed by atoms with E-state index >= 15 is 0 Å². The lowest BCUT2D eigenvalue weighted by Crippen LogP contribution is -1.90. The number of aryl methyl sites for hydroxylation is 1. The topological polar surface area (TPSA) is 26.0 Å². The predicted octanol–water partition coefficient (Wildman–Crippen LogP) is 3.67. The molecule has 2 heteroatoms. The molecule has 0 amide bonds. The second-order valence-corrected chi connectivity index (χ2v) is 3.46. The first-order valence-electron chi connectivity index (χ1n) is 4.69. The smallest absolute Gasteiger partial charge is 0.0396 e. The van der Waals surface area contributed by atoms with E-state index in [1.165, 1.54) is 11.1 Å². The van der Waals surface area contributed by atoms with Gasteiger partial charge in [-0.3, -0.25) is 0 Å². The van der Waals surface area contributed by atoms with E-state index in [1.807, 2.05) is 31.2 Å². The summed E-state index contributed by atoms with van der Waals surface area (Å²) in [5.74, 6) is 0. The van der Waals surface area contributed by atoms with Crippen molar-refractivity contribution < 1.29 is 0 Å². The molecule has 0 aliphatic rings. The van der Waals surface area contributed by atoms with Gasteiger partial charge in [-0.2, -0.15) is 0 Å². The molecule has 15 heavy (non-hydrogen) atoms. The Kier molecular flexibility index (Phi) is 3.75. The van der Waals surface area contributed by atoms with Gasteiger partial charge >= 0.3 is 0 Å². The van der Waals surface area contributed by atoms with Gasteiger partial charge < -0.3 is 5.73 Å². The lowest BCUT2D eigenvalue weighted by Gasteiger charge is -2.06. The third-order valence-corrected chi connectivity index (χ3v) is 2.29. The van der Waals surface area contributed by atoms with E-state index in [9.17, 15) is 0 Å². The van der Waals surface area contributed by atoms with Crippen LogP contribution in [0.2, 0.25) is 0 Å². The third kappa shape index (κ3) is 2.51. The van der Waals surface area contributed by atoms with Gasteiger partial charge in [0.15, 0.2) is 0 Å². The number of anilines is 1. The van der Waals surface area contributed by atoms with Gasteiger partial charge in [0.25, 0.3) is 0 Å². The number of nitrogens with two attached hydrogens (primary N) is 1. The van der Waals surface area contributed by atoms with Crippen molar-refractivity contribution >= 4 is 18.1 Å². The van der Waals surface area contributed by atoms with Crippen LogP contribution in [0.3, 0.4) is 0 Å². The van der Waals surface area contributed by atoms with Gasteiger partial charge in [-0.05, 0) is 24.1 Å². The second kappa shape index (κ2) is 4.85. The first-order chi connectivity index (χ1) is 6.77. The summed E-state index contributed by atoms with van der Waals surface area (Å²) in [7, 11) is 0. The van der Waals surface area contributed by atoms with Crippen LogP contribution < -0.4 is 5.73 Å². The van der Waals surface area contributed by atoms with Gasteiger partial charge in [-0.25, -0.2) is 0 Å². The SMILES string of the molecule is Cc1ccc(-c2ccccc2)c(N)c1.Cl. The fourth-order valence-corrected chi connectivity index (χ4v) is 1.56. The number of hydrogen-bond acceptors (Lipinski definition) is 1. The molecule has 0 aliphatic carbocycles. The van der Waals surface area contributed by atoms with Crippen LogP contribution in [0.15, 0.2) is 48.5 Å². The lowest BCUT2D eigenvalue weighted by molar-refractivity contribution is 1.47.